The molecule has 0 aromatic rings. The first kappa shape index (κ1) is 13.4. The fourth-order valence-electron chi connectivity index (χ4n) is 1.07. The van der Waals surface area contributed by atoms with Crippen molar-refractivity contribution >= 4 is 5.91 Å². The highest BCUT2D eigenvalue weighted by molar-refractivity contribution is 5.75. The minimum Gasteiger partial charge on any atom is -0.380 e. The molecule has 0 heterocycles. The predicted octanol–water partition coefficient (Wildman–Crippen LogP) is 0.527. The molecule has 0 aromatic heterocycles. The molecule has 14 heavy (non-hydrogen) atoms. The normalized spacial score (nSPS) is 12.5. The zero-order valence-corrected chi connectivity index (χ0v) is 9.43. The van der Waals surface area contributed by atoms with E-state index in [0.717, 1.165) is 6.61 Å². The Kier molecular flexibility index (Phi) is 8.57. The largest absolute Gasteiger partial charge is 0.380 e. The lowest BCUT2D eigenvalue weighted by atomic mass is 10.3. The van der Waals surface area contributed by atoms with E-state index in [1.165, 1.54) is 0 Å². The molecule has 0 aliphatic heterocycles. The van der Waals surface area contributed by atoms with Crippen LogP contribution in [0, 0.1) is 0 Å². The van der Waals surface area contributed by atoms with Crippen molar-refractivity contribution in [3.05, 3.63) is 0 Å². The highest BCUT2D eigenvalue weighted by Crippen LogP contribution is 1.85. The summed E-state index contributed by atoms with van der Waals surface area (Å²) in [6.07, 6.45) is 0.532. The van der Waals surface area contributed by atoms with Crippen LogP contribution >= 0.6 is 0 Å². The molecule has 0 aliphatic rings. The number of carbonyl (C=O) groups excluding carboxylic acids is 1. The summed E-state index contributed by atoms with van der Waals surface area (Å²) < 4.78 is 5.24. The van der Waals surface area contributed by atoms with Crippen molar-refractivity contribution in [2.75, 3.05) is 26.3 Å². The Bertz CT molecular complexity index is 151. The molecule has 1 unspecified atom stereocenters. The lowest BCUT2D eigenvalue weighted by molar-refractivity contribution is -0.120. The minimum atomic E-state index is 0.101. The van der Waals surface area contributed by atoms with Crippen LogP contribution in [-0.2, 0) is 9.53 Å². The van der Waals surface area contributed by atoms with E-state index >= 15 is 0 Å². The third-order valence-electron chi connectivity index (χ3n) is 1.79. The van der Waals surface area contributed by atoms with Gasteiger partial charge in [0.25, 0.3) is 0 Å². The number of rotatable bonds is 8. The van der Waals surface area contributed by atoms with Crippen LogP contribution in [0.4, 0.5) is 0 Å². The molecule has 84 valence electrons. The van der Waals surface area contributed by atoms with Crippen molar-refractivity contribution < 1.29 is 9.53 Å². The summed E-state index contributed by atoms with van der Waals surface area (Å²) in [7, 11) is 0. The molecule has 0 saturated heterocycles. The third kappa shape index (κ3) is 8.01. The highest BCUT2D eigenvalue weighted by Gasteiger charge is 2.02. The van der Waals surface area contributed by atoms with Gasteiger partial charge in [-0.3, -0.25) is 4.79 Å². The first-order valence-corrected chi connectivity index (χ1v) is 5.28. The van der Waals surface area contributed by atoms with Crippen LogP contribution in [-0.4, -0.2) is 38.3 Å². The second-order valence-corrected chi connectivity index (χ2v) is 3.22. The first-order chi connectivity index (χ1) is 6.70. The van der Waals surface area contributed by atoms with Crippen molar-refractivity contribution in [2.24, 2.45) is 0 Å². The quantitative estimate of drug-likeness (QED) is 0.603. The van der Waals surface area contributed by atoms with Gasteiger partial charge in [0.15, 0.2) is 0 Å². The van der Waals surface area contributed by atoms with E-state index in [2.05, 4.69) is 10.6 Å². The van der Waals surface area contributed by atoms with Gasteiger partial charge in [-0.2, -0.15) is 0 Å². The van der Waals surface area contributed by atoms with Crippen molar-refractivity contribution in [3.8, 4) is 0 Å². The fraction of sp³-hybridized carbons (Fsp3) is 0.900. The molecule has 4 heteroatoms. The number of hydrogen-bond donors (Lipinski definition) is 2. The molecule has 2 N–H and O–H groups in total. The van der Waals surface area contributed by atoms with Crippen LogP contribution in [0.1, 0.15) is 27.2 Å². The molecule has 4 nitrogen and oxygen atoms in total. The van der Waals surface area contributed by atoms with Crippen LogP contribution in [0.5, 0.6) is 0 Å². The molecule has 0 rings (SSSR count). The molecule has 1 atom stereocenters. The summed E-state index contributed by atoms with van der Waals surface area (Å²) >= 11 is 0. The summed E-state index contributed by atoms with van der Waals surface area (Å²) in [4.78, 5) is 11.1. The maximum Gasteiger partial charge on any atom is 0.221 e. The molecule has 0 aromatic carbocycles. The van der Waals surface area contributed by atoms with Crippen molar-refractivity contribution in [1.82, 2.24) is 10.6 Å². The van der Waals surface area contributed by atoms with Gasteiger partial charge >= 0.3 is 0 Å². The van der Waals surface area contributed by atoms with E-state index in [-0.39, 0.29) is 5.91 Å². The number of nitrogens with one attached hydrogen (secondary N) is 2. The van der Waals surface area contributed by atoms with Crippen molar-refractivity contribution in [3.63, 3.8) is 0 Å². The summed E-state index contributed by atoms with van der Waals surface area (Å²) in [6.45, 7) is 8.79. The number of amides is 1. The second-order valence-electron chi connectivity index (χ2n) is 3.22. The van der Waals surface area contributed by atoms with E-state index < -0.39 is 0 Å². The molecular formula is C10H22N2O2. The number of carbonyl (C=O) groups is 1. The number of ether oxygens (including phenoxy) is 1. The standard InChI is InChI=1S/C10H22N2O2/c1-4-11-10(13)6-7-12-9(3)8-14-5-2/h9,12H,4-8H2,1-3H3,(H,11,13). The average molecular weight is 202 g/mol. The zero-order valence-electron chi connectivity index (χ0n) is 9.43. The zero-order chi connectivity index (χ0) is 10.8. The Hall–Kier alpha value is -0.610. The van der Waals surface area contributed by atoms with Gasteiger partial charge in [0.1, 0.15) is 0 Å². The van der Waals surface area contributed by atoms with E-state index in [4.69, 9.17) is 4.74 Å². The topological polar surface area (TPSA) is 50.4 Å². The van der Waals surface area contributed by atoms with Gasteiger partial charge in [0.2, 0.25) is 5.91 Å². The molecule has 0 bridgehead atoms. The molecule has 0 spiro atoms. The molecule has 0 aliphatic carbocycles. The van der Waals surface area contributed by atoms with Crippen molar-refractivity contribution in [2.45, 2.75) is 33.2 Å². The SMILES string of the molecule is CCNC(=O)CCNC(C)COCC. The molecule has 0 saturated carbocycles. The van der Waals surface area contributed by atoms with Gasteiger partial charge in [-0.25, -0.2) is 0 Å². The molecular weight excluding hydrogens is 180 g/mol. The summed E-state index contributed by atoms with van der Waals surface area (Å²) in [5, 5.41) is 5.97. The predicted molar refractivity (Wildman–Crippen MR) is 57.3 cm³/mol. The molecule has 0 radical (unpaired) electrons. The van der Waals surface area contributed by atoms with Gasteiger partial charge in [-0.1, -0.05) is 0 Å². The Morgan fingerprint density at radius 1 is 1.43 bits per heavy atom. The fourth-order valence-corrected chi connectivity index (χ4v) is 1.07. The van der Waals surface area contributed by atoms with E-state index in [1.54, 1.807) is 0 Å². The average Bonchev–Trinajstić information content (AvgIpc) is 2.15. The molecule has 1 amide bonds. The third-order valence-corrected chi connectivity index (χ3v) is 1.79. The Morgan fingerprint density at radius 2 is 2.14 bits per heavy atom. The van der Waals surface area contributed by atoms with E-state index in [0.29, 0.717) is 32.2 Å². The van der Waals surface area contributed by atoms with Crippen LogP contribution in [0.25, 0.3) is 0 Å². The maximum atomic E-state index is 11.1. The van der Waals surface area contributed by atoms with Crippen LogP contribution in [0.15, 0.2) is 0 Å². The Morgan fingerprint density at radius 3 is 2.71 bits per heavy atom. The van der Waals surface area contributed by atoms with Crippen LogP contribution in [0.3, 0.4) is 0 Å². The van der Waals surface area contributed by atoms with Gasteiger partial charge in [0.05, 0.1) is 6.61 Å². The summed E-state index contributed by atoms with van der Waals surface area (Å²) in [6, 6.07) is 0.310. The summed E-state index contributed by atoms with van der Waals surface area (Å²) in [5.74, 6) is 0.101. The van der Waals surface area contributed by atoms with Gasteiger partial charge in [-0.05, 0) is 20.8 Å². The van der Waals surface area contributed by atoms with Gasteiger partial charge in [0, 0.05) is 32.2 Å². The first-order valence-electron chi connectivity index (χ1n) is 5.28. The summed E-state index contributed by atoms with van der Waals surface area (Å²) in [5.41, 5.74) is 0. The maximum absolute atomic E-state index is 11.1. The monoisotopic (exact) mass is 202 g/mol. The van der Waals surface area contributed by atoms with Crippen LogP contribution in [0.2, 0.25) is 0 Å². The van der Waals surface area contributed by atoms with E-state index in [9.17, 15) is 4.79 Å². The Labute approximate surface area is 86.4 Å². The Balaban J connectivity index is 3.29. The lowest BCUT2D eigenvalue weighted by Crippen LogP contribution is -2.34. The molecule has 0 fully saturated rings. The van der Waals surface area contributed by atoms with Crippen LogP contribution < -0.4 is 10.6 Å². The lowest BCUT2D eigenvalue weighted by Gasteiger charge is -2.12. The smallest absolute Gasteiger partial charge is 0.221 e. The van der Waals surface area contributed by atoms with E-state index in [1.807, 2.05) is 20.8 Å². The number of hydrogen-bond acceptors (Lipinski definition) is 3. The second kappa shape index (κ2) is 8.97. The van der Waals surface area contributed by atoms with Crippen molar-refractivity contribution in [1.29, 1.82) is 0 Å². The minimum absolute atomic E-state index is 0.101. The van der Waals surface area contributed by atoms with Gasteiger partial charge < -0.3 is 15.4 Å². The highest BCUT2D eigenvalue weighted by atomic mass is 16.5. The van der Waals surface area contributed by atoms with Gasteiger partial charge in [-0.15, -0.1) is 0 Å².